The number of fused-ring (bicyclic) bond motifs is 3. The van der Waals surface area contributed by atoms with Gasteiger partial charge in [0.1, 0.15) is 16.5 Å². The molecule has 0 bridgehead atoms. The van der Waals surface area contributed by atoms with Gasteiger partial charge < -0.3 is 5.32 Å². The zero-order valence-electron chi connectivity index (χ0n) is 16.5. The van der Waals surface area contributed by atoms with Gasteiger partial charge in [0.25, 0.3) is 5.69 Å². The van der Waals surface area contributed by atoms with Crippen LogP contribution in [0.25, 0.3) is 16.2 Å². The van der Waals surface area contributed by atoms with Crippen LogP contribution >= 0.6 is 11.3 Å². The van der Waals surface area contributed by atoms with Crippen molar-refractivity contribution < 1.29 is 4.92 Å². The third-order valence-electron chi connectivity index (χ3n) is 5.43. The molecule has 0 fully saturated rings. The summed E-state index contributed by atoms with van der Waals surface area (Å²) in [5.74, 6) is 2.17. The summed E-state index contributed by atoms with van der Waals surface area (Å²) in [5, 5.41) is 15.6. The lowest BCUT2D eigenvalue weighted by molar-refractivity contribution is -0.384. The molecule has 1 N–H and O–H groups in total. The normalized spacial score (nSPS) is 13.4. The zero-order valence-corrected chi connectivity index (χ0v) is 17.3. The van der Waals surface area contributed by atoms with Gasteiger partial charge in [-0.1, -0.05) is 12.1 Å². The highest BCUT2D eigenvalue weighted by atomic mass is 32.1. The van der Waals surface area contributed by atoms with Gasteiger partial charge in [0.05, 0.1) is 10.3 Å². The molecule has 0 saturated heterocycles. The minimum atomic E-state index is -0.373. The molecule has 3 heterocycles. The second kappa shape index (κ2) is 7.49. The first-order chi connectivity index (χ1) is 14.6. The van der Waals surface area contributed by atoms with Gasteiger partial charge in [0.15, 0.2) is 0 Å². The Morgan fingerprint density at radius 1 is 1.27 bits per heavy atom. The van der Waals surface area contributed by atoms with Crippen LogP contribution in [0.4, 0.5) is 11.5 Å². The van der Waals surface area contributed by atoms with Crippen LogP contribution in [0.3, 0.4) is 0 Å². The maximum absolute atomic E-state index is 11.1. The van der Waals surface area contributed by atoms with E-state index in [1.807, 2.05) is 23.8 Å². The van der Waals surface area contributed by atoms with Crippen molar-refractivity contribution in [2.75, 3.05) is 5.32 Å². The summed E-state index contributed by atoms with van der Waals surface area (Å²) in [5.41, 5.74) is 2.27. The lowest BCUT2D eigenvalue weighted by Gasteiger charge is -2.14. The van der Waals surface area contributed by atoms with E-state index in [9.17, 15) is 10.1 Å². The number of nitrogens with one attached hydrogen (secondary N) is 1. The van der Waals surface area contributed by atoms with Crippen LogP contribution in [0.5, 0.6) is 0 Å². The van der Waals surface area contributed by atoms with Gasteiger partial charge in [-0.05, 0) is 43.7 Å². The van der Waals surface area contributed by atoms with Crippen LogP contribution in [0.15, 0.2) is 36.7 Å². The van der Waals surface area contributed by atoms with E-state index < -0.39 is 0 Å². The molecular formula is C21H20N6O2S. The summed E-state index contributed by atoms with van der Waals surface area (Å²) >= 11 is 1.75. The smallest absolute Gasteiger partial charge is 0.269 e. The van der Waals surface area contributed by atoms with Crippen LogP contribution in [0.2, 0.25) is 0 Å². The number of thiophene rings is 1. The third-order valence-corrected chi connectivity index (χ3v) is 6.61. The number of imidazole rings is 1. The van der Waals surface area contributed by atoms with E-state index in [0.717, 1.165) is 40.3 Å². The standard InChI is InChI=1S/C21H20N6O2S/c1-13-22-9-10-26(13)21-24-19(23-12-14-5-4-6-15(11-14)27(28)29)18-16-7-2-3-8-17(16)30-20(18)25-21/h4-6,9-11H,2-3,7-8,12H2,1H3,(H,23,24,25). The molecule has 0 atom stereocenters. The number of aromatic nitrogens is 4. The van der Waals surface area contributed by atoms with Gasteiger partial charge in [-0.15, -0.1) is 11.3 Å². The number of nitro benzene ring substituents is 1. The van der Waals surface area contributed by atoms with Crippen LogP contribution in [-0.4, -0.2) is 24.4 Å². The van der Waals surface area contributed by atoms with Crippen molar-refractivity contribution in [3.05, 3.63) is 68.6 Å². The van der Waals surface area contributed by atoms with Crippen LogP contribution in [0.1, 0.15) is 34.7 Å². The monoisotopic (exact) mass is 420 g/mol. The van der Waals surface area contributed by atoms with Gasteiger partial charge in [-0.3, -0.25) is 14.7 Å². The van der Waals surface area contributed by atoms with Crippen molar-refractivity contribution in [3.8, 4) is 5.95 Å². The molecule has 5 rings (SSSR count). The van der Waals surface area contributed by atoms with E-state index >= 15 is 0 Å². The molecule has 0 radical (unpaired) electrons. The number of hydrogen-bond acceptors (Lipinski definition) is 7. The van der Waals surface area contributed by atoms with Crippen molar-refractivity contribution in [2.45, 2.75) is 39.2 Å². The van der Waals surface area contributed by atoms with Gasteiger partial charge in [-0.2, -0.15) is 4.98 Å². The number of nitro groups is 1. The molecule has 0 aliphatic heterocycles. The molecule has 0 unspecified atom stereocenters. The van der Waals surface area contributed by atoms with E-state index in [0.29, 0.717) is 12.5 Å². The molecule has 0 spiro atoms. The van der Waals surface area contributed by atoms with Crippen LogP contribution < -0.4 is 5.32 Å². The van der Waals surface area contributed by atoms with Crippen LogP contribution in [-0.2, 0) is 19.4 Å². The van der Waals surface area contributed by atoms with Gasteiger partial charge >= 0.3 is 0 Å². The Kier molecular flexibility index (Phi) is 4.66. The lowest BCUT2D eigenvalue weighted by Crippen LogP contribution is -2.08. The maximum Gasteiger partial charge on any atom is 0.269 e. The minimum Gasteiger partial charge on any atom is -0.365 e. The van der Waals surface area contributed by atoms with E-state index in [2.05, 4.69) is 10.3 Å². The number of hydrogen-bond donors (Lipinski definition) is 1. The average molecular weight is 420 g/mol. The molecule has 1 aliphatic rings. The van der Waals surface area contributed by atoms with Gasteiger partial charge in [0, 0.05) is 35.9 Å². The minimum absolute atomic E-state index is 0.0878. The van der Waals surface area contributed by atoms with Crippen LogP contribution in [0, 0.1) is 17.0 Å². The molecule has 0 saturated carbocycles. The Morgan fingerprint density at radius 3 is 2.93 bits per heavy atom. The number of rotatable bonds is 5. The molecule has 4 aromatic rings. The zero-order chi connectivity index (χ0) is 20.7. The van der Waals surface area contributed by atoms with Crippen molar-refractivity contribution >= 4 is 33.1 Å². The molecule has 30 heavy (non-hydrogen) atoms. The predicted molar refractivity (Wildman–Crippen MR) is 116 cm³/mol. The molecule has 9 heteroatoms. The summed E-state index contributed by atoms with van der Waals surface area (Å²) in [6.45, 7) is 2.37. The quantitative estimate of drug-likeness (QED) is 0.375. The number of aryl methyl sites for hydroxylation is 3. The molecule has 0 amide bonds. The SMILES string of the molecule is Cc1nccn1-c1nc(NCc2cccc([N+](=O)[O-])c2)c2c3c(sc2n1)CCCC3. The Labute approximate surface area is 176 Å². The third kappa shape index (κ3) is 3.30. The van der Waals surface area contributed by atoms with Crippen molar-refractivity contribution in [3.63, 3.8) is 0 Å². The fourth-order valence-corrected chi connectivity index (χ4v) is 5.19. The summed E-state index contributed by atoms with van der Waals surface area (Å²) < 4.78 is 1.87. The molecule has 152 valence electrons. The fourth-order valence-electron chi connectivity index (χ4n) is 3.94. The summed E-state index contributed by atoms with van der Waals surface area (Å²) in [4.78, 5) is 27.0. The Hall–Kier alpha value is -3.33. The first kappa shape index (κ1) is 18.7. The first-order valence-electron chi connectivity index (χ1n) is 9.90. The number of anilines is 1. The number of non-ortho nitro benzene ring substituents is 1. The lowest BCUT2D eigenvalue weighted by atomic mass is 9.97. The first-order valence-corrected chi connectivity index (χ1v) is 10.7. The number of nitrogens with zero attached hydrogens (tertiary/aromatic N) is 5. The number of benzene rings is 1. The fraction of sp³-hybridized carbons (Fsp3) is 0.286. The molecule has 3 aromatic heterocycles. The summed E-state index contributed by atoms with van der Waals surface area (Å²) in [6, 6.07) is 6.68. The molecule has 8 nitrogen and oxygen atoms in total. The van der Waals surface area contributed by atoms with Crippen molar-refractivity contribution in [1.82, 2.24) is 19.5 Å². The van der Waals surface area contributed by atoms with Crippen molar-refractivity contribution in [1.29, 1.82) is 0 Å². The topological polar surface area (TPSA) is 98.8 Å². The van der Waals surface area contributed by atoms with E-state index in [1.165, 1.54) is 29.3 Å². The van der Waals surface area contributed by atoms with E-state index in [-0.39, 0.29) is 10.6 Å². The molecular weight excluding hydrogens is 400 g/mol. The second-order valence-electron chi connectivity index (χ2n) is 7.39. The van der Waals surface area contributed by atoms with E-state index in [1.54, 1.807) is 29.7 Å². The summed E-state index contributed by atoms with van der Waals surface area (Å²) in [6.07, 6.45) is 8.09. The second-order valence-corrected chi connectivity index (χ2v) is 8.47. The van der Waals surface area contributed by atoms with Gasteiger partial charge in [-0.25, -0.2) is 9.97 Å². The van der Waals surface area contributed by atoms with Gasteiger partial charge in [0.2, 0.25) is 5.95 Å². The molecule has 1 aromatic carbocycles. The Bertz CT molecular complexity index is 1260. The highest BCUT2D eigenvalue weighted by Crippen LogP contribution is 2.39. The highest BCUT2D eigenvalue weighted by molar-refractivity contribution is 7.19. The van der Waals surface area contributed by atoms with Crippen molar-refractivity contribution in [2.24, 2.45) is 0 Å². The Balaban J connectivity index is 1.58. The summed E-state index contributed by atoms with van der Waals surface area (Å²) in [7, 11) is 0. The largest absolute Gasteiger partial charge is 0.365 e. The Morgan fingerprint density at radius 2 is 2.13 bits per heavy atom. The molecule has 1 aliphatic carbocycles. The predicted octanol–water partition coefficient (Wildman–Crippen LogP) is 4.58. The highest BCUT2D eigenvalue weighted by Gasteiger charge is 2.22. The average Bonchev–Trinajstić information content (AvgIpc) is 3.35. The maximum atomic E-state index is 11.1. The van der Waals surface area contributed by atoms with E-state index in [4.69, 9.17) is 9.97 Å².